The summed E-state index contributed by atoms with van der Waals surface area (Å²) in [6.45, 7) is 1.03. The first-order chi connectivity index (χ1) is 14.3. The number of nitrogens with zero attached hydrogens (tertiary/aromatic N) is 4. The summed E-state index contributed by atoms with van der Waals surface area (Å²) in [7, 11) is 0. The summed E-state index contributed by atoms with van der Waals surface area (Å²) in [5.41, 5.74) is 2.05. The number of fused-ring (bicyclic) bond motifs is 2. The second-order valence-corrected chi connectivity index (χ2v) is 8.03. The lowest BCUT2D eigenvalue weighted by Gasteiger charge is -2.32. The Morgan fingerprint density at radius 1 is 1.37 bits per heavy atom. The number of hydrogen-bond donors (Lipinski definition) is 1. The van der Waals surface area contributed by atoms with Gasteiger partial charge in [-0.05, 0) is 12.1 Å². The molecule has 0 aliphatic carbocycles. The van der Waals surface area contributed by atoms with Crippen LogP contribution in [0.1, 0.15) is 44.9 Å². The van der Waals surface area contributed by atoms with Crippen LogP contribution in [-0.2, 0) is 12.3 Å². The van der Waals surface area contributed by atoms with E-state index in [2.05, 4.69) is 19.9 Å². The van der Waals surface area contributed by atoms with Crippen LogP contribution in [0.2, 0.25) is 0 Å². The molecule has 0 fully saturated rings. The van der Waals surface area contributed by atoms with Gasteiger partial charge in [0.05, 0.1) is 18.2 Å². The van der Waals surface area contributed by atoms with Crippen LogP contribution in [0.3, 0.4) is 0 Å². The number of thiazole rings is 1. The van der Waals surface area contributed by atoms with Crippen LogP contribution in [0.15, 0.2) is 35.1 Å². The largest absolute Gasteiger partial charge is 0.438 e. The third-order valence-electron chi connectivity index (χ3n) is 4.88. The van der Waals surface area contributed by atoms with Crippen molar-refractivity contribution in [2.75, 3.05) is 6.54 Å². The molecule has 1 aromatic carbocycles. The van der Waals surface area contributed by atoms with Crippen LogP contribution in [0.25, 0.3) is 11.1 Å². The van der Waals surface area contributed by atoms with Crippen LogP contribution < -0.4 is 0 Å². The maximum absolute atomic E-state index is 13.6. The Bertz CT molecular complexity index is 1260. The first-order valence-corrected chi connectivity index (χ1v) is 9.86. The summed E-state index contributed by atoms with van der Waals surface area (Å²) < 4.78 is 46.5. The monoisotopic (exact) mass is 433 g/mol. The number of nitrogens with one attached hydrogen (secondary N) is 1. The standard InChI is InChI=1S/C19H14F3N5O2S/c1-19(21,22)18-23-7-13(30-18)17(28)27-5-4-10-14(25-8-24-10)15(27)16-26-11-6-9(20)2-3-12(11)29-16/h2-3,6-8,15H,4-5H2,1H3,(H,24,25)/t15-/m0/s1. The van der Waals surface area contributed by atoms with Crippen molar-refractivity contribution in [1.29, 1.82) is 0 Å². The van der Waals surface area contributed by atoms with Gasteiger partial charge in [0.15, 0.2) is 16.6 Å². The molecule has 3 aromatic heterocycles. The third kappa shape index (κ3) is 3.05. The average molecular weight is 433 g/mol. The molecule has 154 valence electrons. The Kier molecular flexibility index (Phi) is 4.17. The Labute approximate surface area is 171 Å². The molecule has 0 saturated heterocycles. The minimum absolute atomic E-state index is 0.0812. The molecule has 11 heteroatoms. The summed E-state index contributed by atoms with van der Waals surface area (Å²) >= 11 is 0.648. The van der Waals surface area contributed by atoms with Crippen molar-refractivity contribution in [2.45, 2.75) is 25.3 Å². The number of carbonyl (C=O) groups is 1. The smallest absolute Gasteiger partial charge is 0.296 e. The van der Waals surface area contributed by atoms with Crippen molar-refractivity contribution >= 4 is 28.3 Å². The van der Waals surface area contributed by atoms with Gasteiger partial charge in [-0.15, -0.1) is 11.3 Å². The molecule has 30 heavy (non-hydrogen) atoms. The summed E-state index contributed by atoms with van der Waals surface area (Å²) in [5, 5.41) is -0.433. The molecular weight excluding hydrogens is 419 g/mol. The van der Waals surface area contributed by atoms with E-state index < -0.39 is 28.7 Å². The van der Waals surface area contributed by atoms with E-state index in [-0.39, 0.29) is 10.8 Å². The third-order valence-corrected chi connectivity index (χ3v) is 6.04. The number of imidazole rings is 1. The fourth-order valence-corrected chi connectivity index (χ4v) is 4.30. The zero-order valence-corrected chi connectivity index (χ0v) is 16.3. The zero-order chi connectivity index (χ0) is 21.0. The van der Waals surface area contributed by atoms with E-state index in [1.54, 1.807) is 0 Å². The molecule has 0 spiro atoms. The van der Waals surface area contributed by atoms with Crippen molar-refractivity contribution in [2.24, 2.45) is 0 Å². The predicted molar refractivity (Wildman–Crippen MR) is 101 cm³/mol. The van der Waals surface area contributed by atoms with Crippen LogP contribution in [0.5, 0.6) is 0 Å². The highest BCUT2D eigenvalue weighted by atomic mass is 32.1. The van der Waals surface area contributed by atoms with E-state index in [0.29, 0.717) is 41.1 Å². The fourth-order valence-electron chi connectivity index (χ4n) is 3.50. The summed E-state index contributed by atoms with van der Waals surface area (Å²) in [4.78, 5) is 30.2. The van der Waals surface area contributed by atoms with E-state index in [0.717, 1.165) is 18.8 Å². The molecular formula is C19H14F3N5O2S. The van der Waals surface area contributed by atoms with Gasteiger partial charge in [-0.25, -0.2) is 19.3 Å². The highest BCUT2D eigenvalue weighted by Crippen LogP contribution is 2.37. The van der Waals surface area contributed by atoms with Crippen molar-refractivity contribution in [3.05, 3.63) is 63.7 Å². The quantitative estimate of drug-likeness (QED) is 0.527. The number of aromatic amines is 1. The zero-order valence-electron chi connectivity index (χ0n) is 15.5. The van der Waals surface area contributed by atoms with Crippen molar-refractivity contribution < 1.29 is 22.4 Å². The molecule has 4 heterocycles. The molecule has 5 rings (SSSR count). The number of H-pyrrole nitrogens is 1. The molecule has 0 unspecified atom stereocenters. The lowest BCUT2D eigenvalue weighted by molar-refractivity contribution is 0.0172. The maximum Gasteiger partial charge on any atom is 0.296 e. The van der Waals surface area contributed by atoms with E-state index in [1.165, 1.54) is 29.4 Å². The molecule has 7 nitrogen and oxygen atoms in total. The van der Waals surface area contributed by atoms with E-state index in [1.807, 2.05) is 0 Å². The molecule has 1 aliphatic rings. The summed E-state index contributed by atoms with van der Waals surface area (Å²) in [5.74, 6) is -3.90. The van der Waals surface area contributed by atoms with Crippen LogP contribution >= 0.6 is 11.3 Å². The number of aromatic nitrogens is 4. The Balaban J connectivity index is 1.58. The van der Waals surface area contributed by atoms with Crippen LogP contribution in [0, 0.1) is 5.82 Å². The maximum atomic E-state index is 13.6. The molecule has 0 radical (unpaired) electrons. The number of alkyl halides is 2. The van der Waals surface area contributed by atoms with Crippen molar-refractivity contribution in [1.82, 2.24) is 24.8 Å². The number of benzene rings is 1. The lowest BCUT2D eigenvalue weighted by atomic mass is 10.0. The summed E-state index contributed by atoms with van der Waals surface area (Å²) in [6.07, 6.45) is 3.16. The van der Waals surface area contributed by atoms with Gasteiger partial charge in [-0.3, -0.25) is 4.79 Å². The molecule has 1 amide bonds. The topological polar surface area (TPSA) is 87.9 Å². The van der Waals surface area contributed by atoms with Gasteiger partial charge in [-0.2, -0.15) is 8.78 Å². The van der Waals surface area contributed by atoms with Crippen LogP contribution in [0.4, 0.5) is 13.2 Å². The van der Waals surface area contributed by atoms with Gasteiger partial charge in [0.25, 0.3) is 11.8 Å². The van der Waals surface area contributed by atoms with Crippen molar-refractivity contribution in [3.8, 4) is 0 Å². The van der Waals surface area contributed by atoms with Crippen molar-refractivity contribution in [3.63, 3.8) is 0 Å². The first kappa shape index (κ1) is 18.8. The predicted octanol–water partition coefficient (Wildman–Crippen LogP) is 4.05. The van der Waals surface area contributed by atoms with E-state index in [4.69, 9.17) is 4.42 Å². The number of amides is 1. The number of carbonyl (C=O) groups excluding carboxylic acids is 1. The number of rotatable bonds is 3. The average Bonchev–Trinajstić information content (AvgIpc) is 3.43. The van der Waals surface area contributed by atoms with Gasteiger partial charge in [0.1, 0.15) is 16.2 Å². The Morgan fingerprint density at radius 3 is 2.97 bits per heavy atom. The van der Waals surface area contributed by atoms with Gasteiger partial charge < -0.3 is 14.3 Å². The molecule has 0 saturated carbocycles. The SMILES string of the molecule is CC(F)(F)c1ncc(C(=O)N2CCc3[nH]cnc3[C@H]2c2nc3cc(F)ccc3o2)s1. The minimum atomic E-state index is -3.13. The minimum Gasteiger partial charge on any atom is -0.438 e. The Hall–Kier alpha value is -3.21. The summed E-state index contributed by atoms with van der Waals surface area (Å²) in [6, 6.07) is 3.17. The van der Waals surface area contributed by atoms with Gasteiger partial charge in [0, 0.05) is 31.6 Å². The number of hydrogen-bond acceptors (Lipinski definition) is 6. The second-order valence-electron chi connectivity index (χ2n) is 7.00. The molecule has 4 aromatic rings. The number of halogens is 3. The molecule has 1 aliphatic heterocycles. The molecule has 0 bridgehead atoms. The van der Waals surface area contributed by atoms with E-state index >= 15 is 0 Å². The van der Waals surface area contributed by atoms with Gasteiger partial charge >= 0.3 is 0 Å². The second kappa shape index (κ2) is 6.66. The first-order valence-electron chi connectivity index (χ1n) is 9.04. The highest BCUT2D eigenvalue weighted by molar-refractivity contribution is 7.13. The molecule has 1 N–H and O–H groups in total. The van der Waals surface area contributed by atoms with Crippen LogP contribution in [-0.4, -0.2) is 37.3 Å². The fraction of sp³-hybridized carbons (Fsp3) is 0.263. The highest BCUT2D eigenvalue weighted by Gasteiger charge is 2.39. The lowest BCUT2D eigenvalue weighted by Crippen LogP contribution is -2.40. The normalized spacial score (nSPS) is 16.8. The molecule has 1 atom stereocenters. The number of oxazole rings is 1. The van der Waals surface area contributed by atoms with E-state index in [9.17, 15) is 18.0 Å². The van der Waals surface area contributed by atoms with Gasteiger partial charge in [-0.1, -0.05) is 0 Å². The van der Waals surface area contributed by atoms with Gasteiger partial charge in [0.2, 0.25) is 5.89 Å². The Morgan fingerprint density at radius 2 is 2.20 bits per heavy atom.